The van der Waals surface area contributed by atoms with Crippen LogP contribution in [0.1, 0.15) is 12.0 Å². The first-order chi connectivity index (χ1) is 12.6. The third kappa shape index (κ3) is 4.13. The molecule has 26 heavy (non-hydrogen) atoms. The minimum absolute atomic E-state index is 0.0226. The van der Waals surface area contributed by atoms with Crippen molar-refractivity contribution in [1.82, 2.24) is 5.32 Å². The standard InChI is InChI=1S/C19H17ClN4O2/c20-15-5-7-16(8-6-15)24-12-13(9-18(24)25)11-22-19(26)23-17-4-2-1-3-14(17)10-21/h1-8,13H,9,11-12H2,(H2,22,23,26). The Kier molecular flexibility index (Phi) is 5.40. The van der Waals surface area contributed by atoms with Gasteiger partial charge in [-0.05, 0) is 36.4 Å². The lowest BCUT2D eigenvalue weighted by Crippen LogP contribution is -2.34. The maximum Gasteiger partial charge on any atom is 0.319 e. The highest BCUT2D eigenvalue weighted by Crippen LogP contribution is 2.26. The van der Waals surface area contributed by atoms with E-state index in [-0.39, 0.29) is 11.8 Å². The minimum atomic E-state index is -0.398. The Balaban J connectivity index is 1.54. The van der Waals surface area contributed by atoms with Gasteiger partial charge in [0.15, 0.2) is 0 Å². The zero-order valence-corrected chi connectivity index (χ0v) is 14.7. The number of nitriles is 1. The van der Waals surface area contributed by atoms with E-state index >= 15 is 0 Å². The summed E-state index contributed by atoms with van der Waals surface area (Å²) in [5.74, 6) is 0.0458. The SMILES string of the molecule is N#Cc1ccccc1NC(=O)NCC1CC(=O)N(c2ccc(Cl)cc2)C1. The third-order valence-electron chi connectivity index (χ3n) is 4.19. The summed E-state index contributed by atoms with van der Waals surface area (Å²) in [6.45, 7) is 0.909. The molecule has 1 aliphatic rings. The largest absolute Gasteiger partial charge is 0.338 e. The van der Waals surface area contributed by atoms with Crippen LogP contribution in [0.4, 0.5) is 16.2 Å². The van der Waals surface area contributed by atoms with Crippen molar-refractivity contribution in [2.45, 2.75) is 6.42 Å². The quantitative estimate of drug-likeness (QED) is 0.867. The number of anilines is 2. The Hall–Kier alpha value is -3.04. The van der Waals surface area contributed by atoms with Gasteiger partial charge in [-0.3, -0.25) is 4.79 Å². The maximum absolute atomic E-state index is 12.2. The van der Waals surface area contributed by atoms with Gasteiger partial charge in [0.2, 0.25) is 5.91 Å². The Morgan fingerprint density at radius 3 is 2.69 bits per heavy atom. The monoisotopic (exact) mass is 368 g/mol. The van der Waals surface area contributed by atoms with Crippen LogP contribution in [0.2, 0.25) is 5.02 Å². The van der Waals surface area contributed by atoms with Gasteiger partial charge in [0.1, 0.15) is 6.07 Å². The fourth-order valence-electron chi connectivity index (χ4n) is 2.88. The topological polar surface area (TPSA) is 85.2 Å². The van der Waals surface area contributed by atoms with Crippen molar-refractivity contribution in [2.24, 2.45) is 5.92 Å². The summed E-state index contributed by atoms with van der Waals surface area (Å²) in [7, 11) is 0. The predicted octanol–water partition coefficient (Wildman–Crippen LogP) is 3.39. The lowest BCUT2D eigenvalue weighted by molar-refractivity contribution is -0.117. The maximum atomic E-state index is 12.2. The lowest BCUT2D eigenvalue weighted by atomic mass is 10.1. The molecular weight excluding hydrogens is 352 g/mol. The average Bonchev–Trinajstić information content (AvgIpc) is 3.02. The summed E-state index contributed by atoms with van der Waals surface area (Å²) in [5.41, 5.74) is 1.65. The van der Waals surface area contributed by atoms with Gasteiger partial charge in [-0.2, -0.15) is 5.26 Å². The Morgan fingerprint density at radius 1 is 1.23 bits per heavy atom. The number of carbonyl (C=O) groups is 2. The second-order valence-corrected chi connectivity index (χ2v) is 6.48. The molecule has 1 fully saturated rings. The number of rotatable bonds is 4. The summed E-state index contributed by atoms with van der Waals surface area (Å²) in [6.07, 6.45) is 0.373. The summed E-state index contributed by atoms with van der Waals surface area (Å²) in [5, 5.41) is 15.1. The van der Waals surface area contributed by atoms with Crippen LogP contribution in [-0.4, -0.2) is 25.0 Å². The van der Waals surface area contributed by atoms with E-state index in [0.717, 1.165) is 5.69 Å². The van der Waals surface area contributed by atoms with Crippen LogP contribution in [0.25, 0.3) is 0 Å². The smallest absolute Gasteiger partial charge is 0.319 e. The predicted molar refractivity (Wildman–Crippen MR) is 100 cm³/mol. The molecule has 1 unspecified atom stereocenters. The van der Waals surface area contributed by atoms with Crippen molar-refractivity contribution in [3.05, 3.63) is 59.1 Å². The van der Waals surface area contributed by atoms with Crippen LogP contribution in [-0.2, 0) is 4.79 Å². The van der Waals surface area contributed by atoms with E-state index in [1.54, 1.807) is 41.3 Å². The minimum Gasteiger partial charge on any atom is -0.338 e. The molecule has 3 rings (SSSR count). The van der Waals surface area contributed by atoms with Crippen LogP contribution >= 0.6 is 11.6 Å². The van der Waals surface area contributed by atoms with Crippen molar-refractivity contribution in [3.63, 3.8) is 0 Å². The van der Waals surface area contributed by atoms with Crippen LogP contribution in [0.5, 0.6) is 0 Å². The van der Waals surface area contributed by atoms with Gasteiger partial charge in [0.25, 0.3) is 0 Å². The molecule has 132 valence electrons. The highest BCUT2D eigenvalue weighted by Gasteiger charge is 2.30. The van der Waals surface area contributed by atoms with Gasteiger partial charge in [-0.25, -0.2) is 4.79 Å². The molecule has 1 heterocycles. The number of hydrogen-bond donors (Lipinski definition) is 2. The van der Waals surface area contributed by atoms with Crippen molar-refractivity contribution < 1.29 is 9.59 Å². The average molecular weight is 369 g/mol. The van der Waals surface area contributed by atoms with Gasteiger partial charge in [0.05, 0.1) is 11.3 Å². The highest BCUT2D eigenvalue weighted by atomic mass is 35.5. The first-order valence-electron chi connectivity index (χ1n) is 8.16. The fraction of sp³-hybridized carbons (Fsp3) is 0.211. The fourth-order valence-corrected chi connectivity index (χ4v) is 3.01. The number of para-hydroxylation sites is 1. The molecule has 7 heteroatoms. The Labute approximate surface area is 156 Å². The van der Waals surface area contributed by atoms with E-state index in [1.807, 2.05) is 18.2 Å². The second kappa shape index (κ2) is 7.89. The number of amides is 3. The molecule has 0 aromatic heterocycles. The molecular formula is C19H17ClN4O2. The van der Waals surface area contributed by atoms with E-state index in [0.29, 0.717) is 35.8 Å². The van der Waals surface area contributed by atoms with Gasteiger partial charge >= 0.3 is 6.03 Å². The first-order valence-corrected chi connectivity index (χ1v) is 8.54. The van der Waals surface area contributed by atoms with Crippen LogP contribution in [0.15, 0.2) is 48.5 Å². The Bertz CT molecular complexity index is 861. The van der Waals surface area contributed by atoms with Crippen molar-refractivity contribution in [3.8, 4) is 6.07 Å². The molecule has 0 bridgehead atoms. The number of nitrogens with one attached hydrogen (secondary N) is 2. The zero-order valence-electron chi connectivity index (χ0n) is 13.9. The highest BCUT2D eigenvalue weighted by molar-refractivity contribution is 6.30. The van der Waals surface area contributed by atoms with Crippen LogP contribution < -0.4 is 15.5 Å². The van der Waals surface area contributed by atoms with Gasteiger partial charge in [-0.1, -0.05) is 23.7 Å². The number of benzene rings is 2. The number of urea groups is 1. The number of nitrogens with zero attached hydrogens (tertiary/aromatic N) is 2. The number of hydrogen-bond acceptors (Lipinski definition) is 3. The third-order valence-corrected chi connectivity index (χ3v) is 4.44. The van der Waals surface area contributed by atoms with E-state index in [4.69, 9.17) is 16.9 Å². The molecule has 2 N–H and O–H groups in total. The van der Waals surface area contributed by atoms with Crippen LogP contribution in [0, 0.1) is 17.2 Å². The molecule has 3 amide bonds. The molecule has 1 atom stereocenters. The van der Waals surface area contributed by atoms with Crippen molar-refractivity contribution >= 4 is 34.9 Å². The molecule has 2 aromatic rings. The summed E-state index contributed by atoms with van der Waals surface area (Å²) in [6, 6.07) is 15.5. The van der Waals surface area contributed by atoms with E-state index in [2.05, 4.69) is 10.6 Å². The Morgan fingerprint density at radius 2 is 1.96 bits per heavy atom. The molecule has 0 saturated carbocycles. The summed E-state index contributed by atoms with van der Waals surface area (Å²) in [4.78, 5) is 26.0. The van der Waals surface area contributed by atoms with E-state index in [1.165, 1.54) is 0 Å². The molecule has 6 nitrogen and oxygen atoms in total. The second-order valence-electron chi connectivity index (χ2n) is 6.04. The number of carbonyl (C=O) groups excluding carboxylic acids is 2. The summed E-state index contributed by atoms with van der Waals surface area (Å²) < 4.78 is 0. The molecule has 0 aliphatic carbocycles. The van der Waals surface area contributed by atoms with Crippen molar-refractivity contribution in [1.29, 1.82) is 5.26 Å². The lowest BCUT2D eigenvalue weighted by Gasteiger charge is -2.17. The normalized spacial score (nSPS) is 16.2. The van der Waals surface area contributed by atoms with Crippen LogP contribution in [0.3, 0.4) is 0 Å². The molecule has 1 saturated heterocycles. The van der Waals surface area contributed by atoms with Gasteiger partial charge in [-0.15, -0.1) is 0 Å². The molecule has 0 spiro atoms. The van der Waals surface area contributed by atoms with E-state index < -0.39 is 6.03 Å². The van der Waals surface area contributed by atoms with Gasteiger partial charge in [0, 0.05) is 36.1 Å². The summed E-state index contributed by atoms with van der Waals surface area (Å²) >= 11 is 5.88. The molecule has 0 radical (unpaired) electrons. The van der Waals surface area contributed by atoms with Gasteiger partial charge < -0.3 is 15.5 Å². The molecule has 1 aliphatic heterocycles. The number of halogens is 1. The van der Waals surface area contributed by atoms with E-state index in [9.17, 15) is 9.59 Å². The van der Waals surface area contributed by atoms with Crippen molar-refractivity contribution in [2.75, 3.05) is 23.3 Å². The molecule has 2 aromatic carbocycles. The zero-order chi connectivity index (χ0) is 18.5. The first kappa shape index (κ1) is 17.8.